The molecule has 1 aliphatic carbocycles. The van der Waals surface area contributed by atoms with Gasteiger partial charge in [0.1, 0.15) is 18.1 Å². The molecule has 1 saturated carbocycles. The summed E-state index contributed by atoms with van der Waals surface area (Å²) in [5.41, 5.74) is 6.68. The maximum atomic E-state index is 5.90. The monoisotopic (exact) mass is 253 g/mol. The molecule has 18 heavy (non-hydrogen) atoms. The Labute approximate surface area is 108 Å². The van der Waals surface area contributed by atoms with Gasteiger partial charge in [0.05, 0.1) is 12.2 Å². The van der Waals surface area contributed by atoms with E-state index >= 15 is 0 Å². The van der Waals surface area contributed by atoms with Gasteiger partial charge in [-0.2, -0.15) is 0 Å². The third-order valence-electron chi connectivity index (χ3n) is 3.66. The van der Waals surface area contributed by atoms with E-state index in [1.165, 1.54) is 6.42 Å². The van der Waals surface area contributed by atoms with Crippen LogP contribution in [0.15, 0.2) is 10.5 Å². The van der Waals surface area contributed by atoms with E-state index in [1.54, 1.807) is 7.11 Å². The standard InChI is InChI=1S/C14H23NO3/c1-10-11(8-15)6-14(18-10)9-17-13-5-3-4-12(7-13)16-2/h6,12-13H,3-5,7-9,15H2,1-2H3. The molecule has 0 aromatic carbocycles. The molecule has 0 saturated heterocycles. The van der Waals surface area contributed by atoms with E-state index in [0.29, 0.717) is 19.3 Å². The first-order valence-corrected chi connectivity index (χ1v) is 6.65. The Balaban J connectivity index is 1.83. The lowest BCUT2D eigenvalue weighted by atomic mass is 9.95. The molecular formula is C14H23NO3. The van der Waals surface area contributed by atoms with Gasteiger partial charge in [-0.05, 0) is 38.7 Å². The van der Waals surface area contributed by atoms with Crippen molar-refractivity contribution in [2.24, 2.45) is 5.73 Å². The Morgan fingerprint density at radius 1 is 1.39 bits per heavy atom. The first-order chi connectivity index (χ1) is 8.72. The zero-order valence-corrected chi connectivity index (χ0v) is 11.3. The molecule has 1 fully saturated rings. The highest BCUT2D eigenvalue weighted by molar-refractivity contribution is 5.19. The lowest BCUT2D eigenvalue weighted by Gasteiger charge is -2.27. The van der Waals surface area contributed by atoms with Gasteiger partial charge in [0, 0.05) is 19.2 Å². The predicted octanol–water partition coefficient (Wildman–Crippen LogP) is 2.52. The van der Waals surface area contributed by atoms with Crippen molar-refractivity contribution >= 4 is 0 Å². The molecular weight excluding hydrogens is 230 g/mol. The Morgan fingerprint density at radius 3 is 2.83 bits per heavy atom. The van der Waals surface area contributed by atoms with Crippen LogP contribution in [-0.2, 0) is 22.6 Å². The van der Waals surface area contributed by atoms with Crippen molar-refractivity contribution in [1.29, 1.82) is 0 Å². The highest BCUT2D eigenvalue weighted by Gasteiger charge is 2.22. The first-order valence-electron chi connectivity index (χ1n) is 6.65. The molecule has 4 heteroatoms. The lowest BCUT2D eigenvalue weighted by Crippen LogP contribution is -2.27. The maximum absolute atomic E-state index is 5.90. The molecule has 1 aliphatic rings. The van der Waals surface area contributed by atoms with Crippen LogP contribution < -0.4 is 5.73 Å². The zero-order chi connectivity index (χ0) is 13.0. The molecule has 0 radical (unpaired) electrons. The van der Waals surface area contributed by atoms with Crippen LogP contribution in [0.4, 0.5) is 0 Å². The number of furan rings is 1. The van der Waals surface area contributed by atoms with Crippen LogP contribution in [0, 0.1) is 6.92 Å². The van der Waals surface area contributed by atoms with Crippen molar-refractivity contribution in [3.8, 4) is 0 Å². The summed E-state index contributed by atoms with van der Waals surface area (Å²) in [4.78, 5) is 0. The van der Waals surface area contributed by atoms with Crippen LogP contribution in [0.2, 0.25) is 0 Å². The summed E-state index contributed by atoms with van der Waals surface area (Å²) in [7, 11) is 1.77. The van der Waals surface area contributed by atoms with Crippen LogP contribution in [0.1, 0.15) is 42.8 Å². The summed E-state index contributed by atoms with van der Waals surface area (Å²) in [5, 5.41) is 0. The van der Waals surface area contributed by atoms with Crippen LogP contribution in [0.3, 0.4) is 0 Å². The number of rotatable bonds is 5. The summed E-state index contributed by atoms with van der Waals surface area (Å²) in [6.45, 7) is 2.99. The van der Waals surface area contributed by atoms with Gasteiger partial charge in [-0.25, -0.2) is 0 Å². The molecule has 1 aromatic heterocycles. The Kier molecular flexibility index (Phi) is 4.80. The summed E-state index contributed by atoms with van der Waals surface area (Å²) < 4.78 is 16.9. The number of methoxy groups -OCH3 is 1. The van der Waals surface area contributed by atoms with Crippen molar-refractivity contribution in [2.75, 3.05) is 7.11 Å². The van der Waals surface area contributed by atoms with Crippen molar-refractivity contribution in [1.82, 2.24) is 0 Å². The highest BCUT2D eigenvalue weighted by atomic mass is 16.5. The van der Waals surface area contributed by atoms with E-state index in [-0.39, 0.29) is 6.10 Å². The second-order valence-corrected chi connectivity index (χ2v) is 4.96. The van der Waals surface area contributed by atoms with Crippen LogP contribution >= 0.6 is 0 Å². The lowest BCUT2D eigenvalue weighted by molar-refractivity contribution is -0.0406. The van der Waals surface area contributed by atoms with E-state index in [2.05, 4.69) is 0 Å². The maximum Gasteiger partial charge on any atom is 0.130 e. The molecule has 0 bridgehead atoms. The molecule has 0 amide bonds. The van der Waals surface area contributed by atoms with E-state index in [4.69, 9.17) is 19.6 Å². The number of ether oxygens (including phenoxy) is 2. The summed E-state index contributed by atoms with van der Waals surface area (Å²) in [6, 6.07) is 1.99. The van der Waals surface area contributed by atoms with E-state index < -0.39 is 0 Å². The van der Waals surface area contributed by atoms with Gasteiger partial charge in [0.25, 0.3) is 0 Å². The number of aryl methyl sites for hydroxylation is 1. The molecule has 102 valence electrons. The van der Waals surface area contributed by atoms with Gasteiger partial charge >= 0.3 is 0 Å². The summed E-state index contributed by atoms with van der Waals surface area (Å²) in [6.07, 6.45) is 5.06. The van der Waals surface area contributed by atoms with Gasteiger partial charge in [-0.15, -0.1) is 0 Å². The zero-order valence-electron chi connectivity index (χ0n) is 11.3. The highest BCUT2D eigenvalue weighted by Crippen LogP contribution is 2.24. The Bertz CT molecular complexity index is 375. The number of nitrogens with two attached hydrogens (primary N) is 1. The second-order valence-electron chi connectivity index (χ2n) is 4.96. The third-order valence-corrected chi connectivity index (χ3v) is 3.66. The summed E-state index contributed by atoms with van der Waals surface area (Å²) in [5.74, 6) is 1.77. The first kappa shape index (κ1) is 13.6. The fourth-order valence-corrected chi connectivity index (χ4v) is 2.53. The van der Waals surface area contributed by atoms with Crippen LogP contribution in [0.25, 0.3) is 0 Å². The average molecular weight is 253 g/mol. The molecule has 1 aromatic rings. The number of hydrogen-bond acceptors (Lipinski definition) is 4. The molecule has 0 aliphatic heterocycles. The van der Waals surface area contributed by atoms with Crippen LogP contribution in [0.5, 0.6) is 0 Å². The van der Waals surface area contributed by atoms with Gasteiger partial charge in [0.15, 0.2) is 0 Å². The predicted molar refractivity (Wildman–Crippen MR) is 69.2 cm³/mol. The molecule has 0 spiro atoms. The molecule has 1 heterocycles. The quantitative estimate of drug-likeness (QED) is 0.876. The van der Waals surface area contributed by atoms with E-state index in [1.807, 2.05) is 13.0 Å². The largest absolute Gasteiger partial charge is 0.464 e. The van der Waals surface area contributed by atoms with Gasteiger partial charge in [-0.1, -0.05) is 0 Å². The van der Waals surface area contributed by atoms with Crippen molar-refractivity contribution < 1.29 is 13.9 Å². The van der Waals surface area contributed by atoms with Gasteiger partial charge < -0.3 is 19.6 Å². The third kappa shape index (κ3) is 3.34. The van der Waals surface area contributed by atoms with Crippen molar-refractivity contribution in [2.45, 2.75) is 58.0 Å². The molecule has 4 nitrogen and oxygen atoms in total. The van der Waals surface area contributed by atoms with Gasteiger partial charge in [-0.3, -0.25) is 0 Å². The molecule has 2 N–H and O–H groups in total. The molecule has 2 unspecified atom stereocenters. The normalized spacial score (nSPS) is 24.4. The minimum Gasteiger partial charge on any atom is -0.464 e. The molecule has 2 atom stereocenters. The fourth-order valence-electron chi connectivity index (χ4n) is 2.53. The SMILES string of the molecule is COC1CCCC(OCc2cc(CN)c(C)o2)C1. The molecule has 2 rings (SSSR count). The fraction of sp³-hybridized carbons (Fsp3) is 0.714. The van der Waals surface area contributed by atoms with Crippen molar-refractivity contribution in [3.05, 3.63) is 23.2 Å². The average Bonchev–Trinajstić information content (AvgIpc) is 2.77. The second kappa shape index (κ2) is 6.36. The van der Waals surface area contributed by atoms with Crippen LogP contribution in [-0.4, -0.2) is 19.3 Å². The number of hydrogen-bond donors (Lipinski definition) is 1. The topological polar surface area (TPSA) is 57.6 Å². The van der Waals surface area contributed by atoms with Gasteiger partial charge in [0.2, 0.25) is 0 Å². The van der Waals surface area contributed by atoms with Crippen molar-refractivity contribution in [3.63, 3.8) is 0 Å². The van der Waals surface area contributed by atoms with E-state index in [9.17, 15) is 0 Å². The van der Waals surface area contributed by atoms with E-state index in [0.717, 1.165) is 36.3 Å². The Hall–Kier alpha value is -0.840. The summed E-state index contributed by atoms with van der Waals surface area (Å²) >= 11 is 0. The minimum atomic E-state index is 0.287. The smallest absolute Gasteiger partial charge is 0.130 e. The Morgan fingerprint density at radius 2 is 2.17 bits per heavy atom. The minimum absolute atomic E-state index is 0.287.